The molecule has 2 rings (SSSR count). The molecule has 1 unspecified atom stereocenters. The second-order valence-electron chi connectivity index (χ2n) is 2.68. The first-order valence-corrected chi connectivity index (χ1v) is 5.41. The number of cyclic esters (lactones) is 1. The second kappa shape index (κ2) is 3.38. The van der Waals surface area contributed by atoms with Crippen LogP contribution >= 0.6 is 7.82 Å². The summed E-state index contributed by atoms with van der Waals surface area (Å²) >= 11 is 0. The fourth-order valence-corrected chi connectivity index (χ4v) is 2.34. The average Bonchev–Trinajstić information content (AvgIpc) is 2.62. The molecule has 0 aliphatic carbocycles. The number of carbonyl (C=O) groups is 1. The van der Waals surface area contributed by atoms with E-state index in [2.05, 4.69) is 0 Å². The van der Waals surface area contributed by atoms with Crippen molar-refractivity contribution in [1.82, 2.24) is 0 Å². The first-order chi connectivity index (χ1) is 6.18. The van der Waals surface area contributed by atoms with E-state index in [0.29, 0.717) is 6.42 Å². The molecule has 0 aromatic heterocycles. The van der Waals surface area contributed by atoms with Crippen LogP contribution in [0, 0.1) is 0 Å². The van der Waals surface area contributed by atoms with Gasteiger partial charge in [0.1, 0.15) is 0 Å². The summed E-state index contributed by atoms with van der Waals surface area (Å²) < 4.78 is 30.5. The maximum Gasteiger partial charge on any atom is 0.478 e. The zero-order chi connectivity index (χ0) is 9.31. The Labute approximate surface area is 74.7 Å². The van der Waals surface area contributed by atoms with Gasteiger partial charge in [0.25, 0.3) is 0 Å². The highest BCUT2D eigenvalue weighted by molar-refractivity contribution is 7.48. The Morgan fingerprint density at radius 2 is 2.08 bits per heavy atom. The van der Waals surface area contributed by atoms with E-state index in [0.717, 1.165) is 0 Å². The Balaban J connectivity index is 1.90. The Morgan fingerprint density at radius 1 is 1.38 bits per heavy atom. The molecule has 13 heavy (non-hydrogen) atoms. The number of carbonyl (C=O) groups excluding carboxylic acids is 1. The maximum atomic E-state index is 11.4. The van der Waals surface area contributed by atoms with E-state index in [1.165, 1.54) is 0 Å². The predicted octanol–water partition coefficient (Wildman–Crippen LogP) is 0.821. The van der Waals surface area contributed by atoms with Gasteiger partial charge >= 0.3 is 13.8 Å². The van der Waals surface area contributed by atoms with Gasteiger partial charge in [0.15, 0.2) is 0 Å². The van der Waals surface area contributed by atoms with Crippen LogP contribution in [0.15, 0.2) is 0 Å². The van der Waals surface area contributed by atoms with Crippen LogP contribution in [0.3, 0.4) is 0 Å². The quantitative estimate of drug-likeness (QED) is 0.494. The summed E-state index contributed by atoms with van der Waals surface area (Å²) in [5.41, 5.74) is 0. The minimum atomic E-state index is -3.42. The van der Waals surface area contributed by atoms with Gasteiger partial charge < -0.3 is 4.74 Å². The van der Waals surface area contributed by atoms with Gasteiger partial charge in [-0.2, -0.15) is 0 Å². The van der Waals surface area contributed by atoms with Crippen LogP contribution < -0.4 is 0 Å². The molecule has 7 heteroatoms. The van der Waals surface area contributed by atoms with E-state index in [-0.39, 0.29) is 25.6 Å². The van der Waals surface area contributed by atoms with Gasteiger partial charge in [-0.3, -0.25) is 13.8 Å². The fourth-order valence-electron chi connectivity index (χ4n) is 1.11. The molecule has 0 radical (unpaired) electrons. The molecular weight excluding hydrogens is 199 g/mol. The van der Waals surface area contributed by atoms with Crippen LogP contribution in [0.2, 0.25) is 0 Å². The molecule has 2 heterocycles. The molecule has 2 aliphatic rings. The standard InChI is InChI=1S/C6H9O6P/c7-5-1-2-6(11-5)12-13(8)9-3-4-10-13/h6H,1-4H2. The Hall–Kier alpha value is -0.420. The molecule has 1 atom stereocenters. The van der Waals surface area contributed by atoms with E-state index in [1.807, 2.05) is 0 Å². The van der Waals surface area contributed by atoms with Gasteiger partial charge in [-0.15, -0.1) is 0 Å². The molecule has 2 saturated heterocycles. The third-order valence-electron chi connectivity index (χ3n) is 1.68. The lowest BCUT2D eigenvalue weighted by atomic mass is 10.4. The minimum absolute atomic E-state index is 0.248. The molecule has 0 aromatic rings. The van der Waals surface area contributed by atoms with E-state index in [4.69, 9.17) is 18.3 Å². The summed E-state index contributed by atoms with van der Waals surface area (Å²) in [6, 6.07) is 0. The monoisotopic (exact) mass is 208 g/mol. The molecular formula is C6H9O6P. The van der Waals surface area contributed by atoms with Crippen LogP contribution in [0.4, 0.5) is 0 Å². The van der Waals surface area contributed by atoms with E-state index in [9.17, 15) is 9.36 Å². The van der Waals surface area contributed by atoms with Crippen LogP contribution in [-0.4, -0.2) is 25.5 Å². The molecule has 0 spiro atoms. The first-order valence-electron chi connectivity index (χ1n) is 3.95. The van der Waals surface area contributed by atoms with Crippen LogP contribution in [-0.2, 0) is 27.7 Å². The van der Waals surface area contributed by atoms with Gasteiger partial charge in [0.05, 0.1) is 19.6 Å². The Kier molecular flexibility index (Phi) is 2.38. The zero-order valence-corrected chi connectivity index (χ0v) is 7.70. The highest BCUT2D eigenvalue weighted by Crippen LogP contribution is 2.54. The van der Waals surface area contributed by atoms with Crippen molar-refractivity contribution >= 4 is 13.8 Å². The van der Waals surface area contributed by atoms with Crippen molar-refractivity contribution in [1.29, 1.82) is 0 Å². The zero-order valence-electron chi connectivity index (χ0n) is 6.80. The lowest BCUT2D eigenvalue weighted by molar-refractivity contribution is -0.152. The second-order valence-corrected chi connectivity index (χ2v) is 4.30. The number of hydrogen-bond acceptors (Lipinski definition) is 6. The van der Waals surface area contributed by atoms with Gasteiger partial charge in [0.2, 0.25) is 6.29 Å². The van der Waals surface area contributed by atoms with Crippen molar-refractivity contribution in [3.8, 4) is 0 Å². The van der Waals surface area contributed by atoms with Gasteiger partial charge in [-0.1, -0.05) is 0 Å². The summed E-state index contributed by atoms with van der Waals surface area (Å²) in [7, 11) is -3.42. The van der Waals surface area contributed by atoms with Crippen molar-refractivity contribution in [2.24, 2.45) is 0 Å². The Bertz CT molecular complexity index is 254. The largest absolute Gasteiger partial charge is 0.478 e. The highest BCUT2D eigenvalue weighted by atomic mass is 31.2. The predicted molar refractivity (Wildman–Crippen MR) is 39.7 cm³/mol. The molecule has 0 amide bonds. The summed E-state index contributed by atoms with van der Waals surface area (Å²) in [6.07, 6.45) is -0.100. The maximum absolute atomic E-state index is 11.4. The average molecular weight is 208 g/mol. The SMILES string of the molecule is O=C1CCC(OP2(=O)OCCO2)O1. The van der Waals surface area contributed by atoms with Gasteiger partial charge in [-0.25, -0.2) is 9.09 Å². The molecule has 0 bridgehead atoms. The van der Waals surface area contributed by atoms with Crippen LogP contribution in [0.5, 0.6) is 0 Å². The van der Waals surface area contributed by atoms with E-state index < -0.39 is 14.1 Å². The van der Waals surface area contributed by atoms with Crippen LogP contribution in [0.25, 0.3) is 0 Å². The summed E-state index contributed by atoms with van der Waals surface area (Å²) in [5, 5.41) is 0. The molecule has 74 valence electrons. The first kappa shape index (κ1) is 9.15. The van der Waals surface area contributed by atoms with Gasteiger partial charge in [0, 0.05) is 6.42 Å². The molecule has 0 aromatic carbocycles. The molecule has 2 fully saturated rings. The number of esters is 1. The number of rotatable bonds is 2. The number of phosphoric acid groups is 1. The number of ether oxygens (including phenoxy) is 1. The third-order valence-corrected chi connectivity index (χ3v) is 3.17. The van der Waals surface area contributed by atoms with Crippen molar-refractivity contribution in [3.05, 3.63) is 0 Å². The third kappa shape index (κ3) is 2.08. The number of hydrogen-bond donors (Lipinski definition) is 0. The van der Waals surface area contributed by atoms with E-state index in [1.54, 1.807) is 0 Å². The Morgan fingerprint density at radius 3 is 2.62 bits per heavy atom. The minimum Gasteiger partial charge on any atom is -0.435 e. The topological polar surface area (TPSA) is 71.1 Å². The molecule has 0 N–H and O–H groups in total. The van der Waals surface area contributed by atoms with Crippen LogP contribution in [0.1, 0.15) is 12.8 Å². The van der Waals surface area contributed by atoms with Crippen molar-refractivity contribution in [3.63, 3.8) is 0 Å². The molecule has 2 aliphatic heterocycles. The number of phosphoric ester groups is 1. The van der Waals surface area contributed by atoms with Crippen molar-refractivity contribution in [2.75, 3.05) is 13.2 Å². The summed E-state index contributed by atoms with van der Waals surface area (Å²) in [4.78, 5) is 10.7. The normalized spacial score (nSPS) is 32.0. The molecule has 6 nitrogen and oxygen atoms in total. The fraction of sp³-hybridized carbons (Fsp3) is 0.833. The van der Waals surface area contributed by atoms with E-state index >= 15 is 0 Å². The highest BCUT2D eigenvalue weighted by Gasteiger charge is 2.38. The van der Waals surface area contributed by atoms with Crippen molar-refractivity contribution in [2.45, 2.75) is 19.1 Å². The molecule has 0 saturated carbocycles. The lowest BCUT2D eigenvalue weighted by Gasteiger charge is -2.13. The van der Waals surface area contributed by atoms with Crippen molar-refractivity contribution < 1.29 is 27.7 Å². The smallest absolute Gasteiger partial charge is 0.435 e. The van der Waals surface area contributed by atoms with Gasteiger partial charge in [-0.05, 0) is 0 Å². The summed E-state index contributed by atoms with van der Waals surface area (Å²) in [6.45, 7) is 0.496. The summed E-state index contributed by atoms with van der Waals surface area (Å²) in [5.74, 6) is -0.351. The lowest BCUT2D eigenvalue weighted by Crippen LogP contribution is -2.10.